The number of hydrogen-bond acceptors (Lipinski definition) is 2. The Kier molecular flexibility index (Phi) is 12.9. The highest BCUT2D eigenvalue weighted by Crippen LogP contribution is 2.40. The minimum absolute atomic E-state index is 0.226. The molecule has 156 valence electrons. The molecule has 0 heterocycles. The smallest absolute Gasteiger partial charge is 0.171 e. The molecule has 1 rings (SSSR count). The number of hydrogen-bond donors (Lipinski definition) is 0. The first-order valence-corrected chi connectivity index (χ1v) is 11.9. The highest BCUT2D eigenvalue weighted by atomic mass is 16.7. The van der Waals surface area contributed by atoms with Crippen molar-refractivity contribution in [2.45, 2.75) is 149 Å². The molecular weight excluding hydrogens is 320 g/mol. The molecule has 0 amide bonds. The van der Waals surface area contributed by atoms with Crippen molar-refractivity contribution in [1.82, 2.24) is 0 Å². The van der Waals surface area contributed by atoms with E-state index >= 15 is 0 Å². The van der Waals surface area contributed by atoms with Crippen LogP contribution in [0.5, 0.6) is 0 Å². The molecule has 0 radical (unpaired) electrons. The molecule has 0 atom stereocenters. The lowest BCUT2D eigenvalue weighted by atomic mass is 9.82. The molecule has 0 spiro atoms. The van der Waals surface area contributed by atoms with E-state index in [4.69, 9.17) is 9.47 Å². The number of unbranched alkanes of at least 4 members (excludes halogenated alkanes) is 6. The van der Waals surface area contributed by atoms with Crippen molar-refractivity contribution in [1.29, 1.82) is 0 Å². The van der Waals surface area contributed by atoms with Gasteiger partial charge < -0.3 is 9.47 Å². The lowest BCUT2D eigenvalue weighted by Crippen LogP contribution is -2.47. The summed E-state index contributed by atoms with van der Waals surface area (Å²) in [6.07, 6.45) is 20.4. The van der Waals surface area contributed by atoms with Gasteiger partial charge in [0.05, 0.1) is 12.2 Å². The highest BCUT2D eigenvalue weighted by Gasteiger charge is 2.41. The molecular formula is C24H48O2. The molecule has 26 heavy (non-hydrogen) atoms. The molecule has 1 aliphatic carbocycles. The topological polar surface area (TPSA) is 18.5 Å². The van der Waals surface area contributed by atoms with Crippen LogP contribution in [0.25, 0.3) is 0 Å². The fourth-order valence-corrected chi connectivity index (χ4v) is 4.56. The van der Waals surface area contributed by atoms with Gasteiger partial charge in [-0.3, -0.25) is 0 Å². The molecule has 1 aliphatic rings. The van der Waals surface area contributed by atoms with E-state index < -0.39 is 0 Å². The molecule has 0 aliphatic heterocycles. The maximum Gasteiger partial charge on any atom is 0.171 e. The summed E-state index contributed by atoms with van der Waals surface area (Å²) in [5.41, 5.74) is 0. The molecule has 0 unspecified atom stereocenters. The minimum atomic E-state index is -0.358. The Morgan fingerprint density at radius 2 is 1.15 bits per heavy atom. The molecule has 2 heteroatoms. The van der Waals surface area contributed by atoms with Crippen LogP contribution in [0, 0.1) is 5.92 Å². The summed E-state index contributed by atoms with van der Waals surface area (Å²) < 4.78 is 13.2. The summed E-state index contributed by atoms with van der Waals surface area (Å²) in [5.74, 6) is 0.205. The van der Waals surface area contributed by atoms with Crippen molar-refractivity contribution in [3.05, 3.63) is 0 Å². The maximum atomic E-state index is 6.61. The second-order valence-corrected chi connectivity index (χ2v) is 9.06. The molecule has 2 nitrogen and oxygen atoms in total. The molecule has 0 aromatic heterocycles. The van der Waals surface area contributed by atoms with Gasteiger partial charge in [0.2, 0.25) is 0 Å². The van der Waals surface area contributed by atoms with Gasteiger partial charge in [0.25, 0.3) is 0 Å². The van der Waals surface area contributed by atoms with Crippen molar-refractivity contribution in [3.63, 3.8) is 0 Å². The predicted octanol–water partition coefficient (Wildman–Crippen LogP) is 8.03. The summed E-state index contributed by atoms with van der Waals surface area (Å²) >= 11 is 0. The lowest BCUT2D eigenvalue weighted by Gasteiger charge is -2.44. The Balaban J connectivity index is 2.70. The van der Waals surface area contributed by atoms with E-state index in [0.29, 0.717) is 5.92 Å². The largest absolute Gasteiger partial charge is 0.347 e. The van der Waals surface area contributed by atoms with Gasteiger partial charge in [-0.2, -0.15) is 0 Å². The summed E-state index contributed by atoms with van der Waals surface area (Å²) in [6.45, 7) is 11.0. The Morgan fingerprint density at radius 1 is 0.692 bits per heavy atom. The molecule has 1 saturated carbocycles. The van der Waals surface area contributed by atoms with Crippen molar-refractivity contribution >= 4 is 0 Å². The third kappa shape index (κ3) is 9.74. The predicted molar refractivity (Wildman–Crippen MR) is 114 cm³/mol. The van der Waals surface area contributed by atoms with Crippen molar-refractivity contribution in [2.24, 2.45) is 5.92 Å². The summed E-state index contributed by atoms with van der Waals surface area (Å²) in [5, 5.41) is 0. The quantitative estimate of drug-likeness (QED) is 0.242. The van der Waals surface area contributed by atoms with Crippen molar-refractivity contribution in [3.8, 4) is 0 Å². The van der Waals surface area contributed by atoms with E-state index in [-0.39, 0.29) is 18.0 Å². The van der Waals surface area contributed by atoms with Gasteiger partial charge in [0.15, 0.2) is 5.79 Å². The van der Waals surface area contributed by atoms with Crippen LogP contribution in [-0.4, -0.2) is 18.0 Å². The maximum absolute atomic E-state index is 6.61. The zero-order chi connectivity index (χ0) is 19.3. The second kappa shape index (κ2) is 14.0. The van der Waals surface area contributed by atoms with Gasteiger partial charge in [0, 0.05) is 12.3 Å². The van der Waals surface area contributed by atoms with Crippen LogP contribution < -0.4 is 0 Å². The molecule has 0 bridgehead atoms. The van der Waals surface area contributed by atoms with Crippen LogP contribution in [0.2, 0.25) is 0 Å². The average Bonchev–Trinajstić information content (AvgIpc) is 2.52. The fraction of sp³-hybridized carbons (Fsp3) is 1.00. The molecule has 0 aromatic rings. The first-order valence-electron chi connectivity index (χ1n) is 11.9. The van der Waals surface area contributed by atoms with E-state index in [0.717, 1.165) is 6.42 Å². The average molecular weight is 369 g/mol. The molecule has 0 saturated heterocycles. The van der Waals surface area contributed by atoms with Crippen LogP contribution in [0.3, 0.4) is 0 Å². The van der Waals surface area contributed by atoms with Gasteiger partial charge in [0.1, 0.15) is 0 Å². The van der Waals surface area contributed by atoms with Crippen molar-refractivity contribution in [2.75, 3.05) is 0 Å². The Morgan fingerprint density at radius 3 is 1.65 bits per heavy atom. The third-order valence-electron chi connectivity index (χ3n) is 5.73. The van der Waals surface area contributed by atoms with E-state index in [1.54, 1.807) is 0 Å². The summed E-state index contributed by atoms with van der Waals surface area (Å²) in [4.78, 5) is 0. The third-order valence-corrected chi connectivity index (χ3v) is 5.73. The summed E-state index contributed by atoms with van der Waals surface area (Å²) in [7, 11) is 0. The Hall–Kier alpha value is -0.0800. The molecule has 0 N–H and O–H groups in total. The SMILES string of the molecule is CCCCCCCCCC(OC(C)C)(OC(C)C)C1CCCCCCC1. The van der Waals surface area contributed by atoms with Gasteiger partial charge in [-0.15, -0.1) is 0 Å². The highest BCUT2D eigenvalue weighted by molar-refractivity contribution is 4.83. The Labute approximate surface area is 164 Å². The van der Waals surface area contributed by atoms with Gasteiger partial charge in [-0.1, -0.05) is 77.6 Å². The standard InChI is InChI=1S/C24H48O2/c1-6-7-8-9-10-14-17-20-24(25-21(2)3,26-22(4)5)23-18-15-12-11-13-16-19-23/h21-23H,6-20H2,1-5H3. The van der Waals surface area contributed by atoms with Gasteiger partial charge in [-0.05, 0) is 47.0 Å². The van der Waals surface area contributed by atoms with E-state index in [1.165, 1.54) is 89.9 Å². The lowest BCUT2D eigenvalue weighted by molar-refractivity contribution is -0.302. The van der Waals surface area contributed by atoms with Gasteiger partial charge >= 0.3 is 0 Å². The first kappa shape index (κ1) is 24.0. The second-order valence-electron chi connectivity index (χ2n) is 9.06. The molecule has 1 fully saturated rings. The number of ether oxygens (including phenoxy) is 2. The van der Waals surface area contributed by atoms with Crippen molar-refractivity contribution < 1.29 is 9.47 Å². The normalized spacial score (nSPS) is 17.7. The van der Waals surface area contributed by atoms with Crippen LogP contribution in [0.4, 0.5) is 0 Å². The first-order chi connectivity index (χ1) is 12.5. The van der Waals surface area contributed by atoms with Crippen LogP contribution in [0.1, 0.15) is 131 Å². The minimum Gasteiger partial charge on any atom is -0.347 e. The summed E-state index contributed by atoms with van der Waals surface area (Å²) in [6, 6.07) is 0. The van der Waals surface area contributed by atoms with E-state index in [2.05, 4.69) is 34.6 Å². The van der Waals surface area contributed by atoms with E-state index in [1.807, 2.05) is 0 Å². The zero-order valence-corrected chi connectivity index (χ0v) is 18.7. The number of rotatable bonds is 13. The van der Waals surface area contributed by atoms with Crippen LogP contribution in [-0.2, 0) is 9.47 Å². The monoisotopic (exact) mass is 368 g/mol. The Bertz CT molecular complexity index is 306. The zero-order valence-electron chi connectivity index (χ0n) is 18.7. The van der Waals surface area contributed by atoms with Crippen LogP contribution >= 0.6 is 0 Å². The van der Waals surface area contributed by atoms with E-state index in [9.17, 15) is 0 Å². The van der Waals surface area contributed by atoms with Gasteiger partial charge in [-0.25, -0.2) is 0 Å². The fourth-order valence-electron chi connectivity index (χ4n) is 4.56. The molecule has 0 aromatic carbocycles. The van der Waals surface area contributed by atoms with Crippen LogP contribution in [0.15, 0.2) is 0 Å².